The van der Waals surface area contributed by atoms with E-state index in [1.54, 1.807) is 18.2 Å². The van der Waals surface area contributed by atoms with Crippen LogP contribution >= 0.6 is 0 Å². The monoisotopic (exact) mass is 335 g/mol. The first-order chi connectivity index (χ1) is 11.5. The second-order valence-corrected chi connectivity index (χ2v) is 5.08. The molecule has 0 aliphatic rings. The number of nitrogens with two attached hydrogens (primary N) is 1. The lowest BCUT2D eigenvalue weighted by Crippen LogP contribution is -2.35. The zero-order valence-corrected chi connectivity index (χ0v) is 12.8. The minimum Gasteiger partial charge on any atom is -0.504 e. The maximum atomic E-state index is 13.3. The number of hydrogen-bond donors (Lipinski definition) is 3. The Kier molecular flexibility index (Phi) is 5.97. The van der Waals surface area contributed by atoms with Crippen LogP contribution in [0.4, 0.5) is 4.39 Å². The highest BCUT2D eigenvalue weighted by atomic mass is 19.1. The molecule has 7 heteroatoms. The number of carbonyl (C=O) groups excluding carboxylic acids is 1. The van der Waals surface area contributed by atoms with Crippen LogP contribution in [0.25, 0.3) is 0 Å². The van der Waals surface area contributed by atoms with E-state index >= 15 is 0 Å². The van der Waals surface area contributed by atoms with Gasteiger partial charge < -0.3 is 25.4 Å². The minimum absolute atomic E-state index is 0.000604. The molecule has 0 aliphatic carbocycles. The van der Waals surface area contributed by atoms with Crippen LogP contribution < -0.4 is 10.5 Å². The Labute approximate surface area is 138 Å². The average Bonchev–Trinajstić information content (AvgIpc) is 2.56. The quantitative estimate of drug-likeness (QED) is 0.405. The van der Waals surface area contributed by atoms with Gasteiger partial charge in [0.1, 0.15) is 19.3 Å². The van der Waals surface area contributed by atoms with Gasteiger partial charge in [-0.1, -0.05) is 18.2 Å². The summed E-state index contributed by atoms with van der Waals surface area (Å²) in [5.74, 6) is -1.59. The Hall–Kier alpha value is -2.80. The highest BCUT2D eigenvalue weighted by Crippen LogP contribution is 2.25. The van der Waals surface area contributed by atoms with Gasteiger partial charge in [-0.15, -0.1) is 0 Å². The standard InChI is InChI=1S/C17H18FNO5/c18-12-3-1-2-4-16(12)23-7-8-24-17(22)13(19)9-11-5-6-14(20)15(21)10-11/h1-6,10,13,20-21H,7-9,19H2/t13-/m0/s1. The molecule has 4 N–H and O–H groups in total. The fourth-order valence-electron chi connectivity index (χ4n) is 2.00. The Balaban J connectivity index is 1.75. The summed E-state index contributed by atoms with van der Waals surface area (Å²) in [5, 5.41) is 18.6. The molecule has 1 atom stereocenters. The van der Waals surface area contributed by atoms with E-state index in [9.17, 15) is 19.4 Å². The smallest absolute Gasteiger partial charge is 0.323 e. The molecule has 128 valence electrons. The van der Waals surface area contributed by atoms with E-state index in [1.807, 2.05) is 0 Å². The molecule has 2 aromatic rings. The van der Waals surface area contributed by atoms with Gasteiger partial charge >= 0.3 is 5.97 Å². The third-order valence-electron chi connectivity index (χ3n) is 3.22. The maximum Gasteiger partial charge on any atom is 0.323 e. The Morgan fingerprint density at radius 3 is 2.58 bits per heavy atom. The number of rotatable bonds is 7. The lowest BCUT2D eigenvalue weighted by Gasteiger charge is -2.12. The van der Waals surface area contributed by atoms with Crippen molar-refractivity contribution in [2.45, 2.75) is 12.5 Å². The first-order valence-corrected chi connectivity index (χ1v) is 7.28. The number of ether oxygens (including phenoxy) is 2. The van der Waals surface area contributed by atoms with E-state index in [4.69, 9.17) is 15.2 Å². The number of phenolic OH excluding ortho intramolecular Hbond substituents is 2. The first-order valence-electron chi connectivity index (χ1n) is 7.28. The summed E-state index contributed by atoms with van der Waals surface area (Å²) < 4.78 is 23.4. The molecule has 24 heavy (non-hydrogen) atoms. The number of hydrogen-bond acceptors (Lipinski definition) is 6. The molecular formula is C17H18FNO5. The van der Waals surface area contributed by atoms with Gasteiger partial charge in [-0.05, 0) is 36.2 Å². The summed E-state index contributed by atoms with van der Waals surface area (Å²) in [6.45, 7) is -0.0684. The van der Waals surface area contributed by atoms with Gasteiger partial charge in [-0.3, -0.25) is 4.79 Å². The van der Waals surface area contributed by atoms with Crippen molar-refractivity contribution in [3.8, 4) is 17.2 Å². The van der Waals surface area contributed by atoms with Crippen LogP contribution in [0.3, 0.4) is 0 Å². The van der Waals surface area contributed by atoms with E-state index in [2.05, 4.69) is 0 Å². The van der Waals surface area contributed by atoms with Crippen LogP contribution in [0.15, 0.2) is 42.5 Å². The van der Waals surface area contributed by atoms with Crippen molar-refractivity contribution in [1.82, 2.24) is 0 Å². The van der Waals surface area contributed by atoms with E-state index in [1.165, 1.54) is 24.3 Å². The Morgan fingerprint density at radius 1 is 1.12 bits per heavy atom. The predicted octanol–water partition coefficient (Wildman–Crippen LogP) is 1.73. The SMILES string of the molecule is N[C@@H](Cc1ccc(O)c(O)c1)C(=O)OCCOc1ccccc1F. The topological polar surface area (TPSA) is 102 Å². The molecular weight excluding hydrogens is 317 g/mol. The second-order valence-electron chi connectivity index (χ2n) is 5.08. The largest absolute Gasteiger partial charge is 0.504 e. The van der Waals surface area contributed by atoms with Crippen LogP contribution in [0.1, 0.15) is 5.56 Å². The van der Waals surface area contributed by atoms with Crippen molar-refractivity contribution >= 4 is 5.97 Å². The zero-order chi connectivity index (χ0) is 17.5. The lowest BCUT2D eigenvalue weighted by atomic mass is 10.1. The number of para-hydroxylation sites is 1. The van der Waals surface area contributed by atoms with Crippen LogP contribution in [-0.2, 0) is 16.0 Å². The molecule has 0 radical (unpaired) electrons. The van der Waals surface area contributed by atoms with Gasteiger partial charge in [0, 0.05) is 0 Å². The van der Waals surface area contributed by atoms with Gasteiger partial charge in [0.2, 0.25) is 0 Å². The molecule has 0 bridgehead atoms. The molecule has 2 rings (SSSR count). The van der Waals surface area contributed by atoms with E-state index in [-0.39, 0.29) is 36.9 Å². The van der Waals surface area contributed by atoms with Gasteiger partial charge in [0.25, 0.3) is 0 Å². The highest BCUT2D eigenvalue weighted by Gasteiger charge is 2.16. The van der Waals surface area contributed by atoms with Crippen LogP contribution in [0.2, 0.25) is 0 Å². The second kappa shape index (κ2) is 8.16. The number of aromatic hydroxyl groups is 2. The molecule has 0 fully saturated rings. The van der Waals surface area contributed by atoms with Gasteiger partial charge in [0.15, 0.2) is 23.1 Å². The van der Waals surface area contributed by atoms with Crippen molar-refractivity contribution < 1.29 is 28.9 Å². The lowest BCUT2D eigenvalue weighted by molar-refractivity contribution is -0.145. The summed E-state index contributed by atoms with van der Waals surface area (Å²) >= 11 is 0. The molecule has 0 saturated carbocycles. The Morgan fingerprint density at radius 2 is 1.88 bits per heavy atom. The van der Waals surface area contributed by atoms with Crippen molar-refractivity contribution in [2.24, 2.45) is 5.73 Å². The molecule has 0 aliphatic heterocycles. The summed E-state index contributed by atoms with van der Waals surface area (Å²) in [5.41, 5.74) is 6.32. The molecule has 2 aromatic carbocycles. The number of esters is 1. The van der Waals surface area contributed by atoms with Crippen molar-refractivity contribution in [2.75, 3.05) is 13.2 Å². The van der Waals surface area contributed by atoms with Crippen molar-refractivity contribution in [1.29, 1.82) is 0 Å². The van der Waals surface area contributed by atoms with Crippen molar-refractivity contribution in [3.05, 3.63) is 53.8 Å². The summed E-state index contributed by atoms with van der Waals surface area (Å²) in [6, 6.07) is 9.17. The third kappa shape index (κ3) is 4.85. The molecule has 0 saturated heterocycles. The third-order valence-corrected chi connectivity index (χ3v) is 3.22. The highest BCUT2D eigenvalue weighted by molar-refractivity contribution is 5.75. The molecule has 0 unspecified atom stereocenters. The fourth-order valence-corrected chi connectivity index (χ4v) is 2.00. The van der Waals surface area contributed by atoms with Crippen molar-refractivity contribution in [3.63, 3.8) is 0 Å². The summed E-state index contributed by atoms with van der Waals surface area (Å²) in [7, 11) is 0. The Bertz CT molecular complexity index is 707. The van der Waals surface area contributed by atoms with Crippen LogP contribution in [-0.4, -0.2) is 35.4 Å². The predicted molar refractivity (Wildman–Crippen MR) is 84.3 cm³/mol. The number of carbonyl (C=O) groups is 1. The normalized spacial score (nSPS) is 11.8. The molecule has 0 heterocycles. The van der Waals surface area contributed by atoms with E-state index < -0.39 is 17.8 Å². The van der Waals surface area contributed by atoms with Gasteiger partial charge in [-0.25, -0.2) is 4.39 Å². The van der Waals surface area contributed by atoms with Crippen LogP contribution in [0.5, 0.6) is 17.2 Å². The summed E-state index contributed by atoms with van der Waals surface area (Å²) in [6.07, 6.45) is 0.140. The molecule has 0 aromatic heterocycles. The molecule has 0 spiro atoms. The minimum atomic E-state index is -0.928. The van der Waals surface area contributed by atoms with Crippen LogP contribution in [0, 0.1) is 5.82 Å². The summed E-state index contributed by atoms with van der Waals surface area (Å²) in [4.78, 5) is 11.8. The number of halogens is 1. The first kappa shape index (κ1) is 17.6. The van der Waals surface area contributed by atoms with E-state index in [0.717, 1.165) is 0 Å². The van der Waals surface area contributed by atoms with E-state index in [0.29, 0.717) is 5.56 Å². The maximum absolute atomic E-state index is 13.3. The molecule has 0 amide bonds. The van der Waals surface area contributed by atoms with Gasteiger partial charge in [-0.2, -0.15) is 0 Å². The van der Waals surface area contributed by atoms with Gasteiger partial charge in [0.05, 0.1) is 0 Å². The zero-order valence-electron chi connectivity index (χ0n) is 12.8. The molecule has 6 nitrogen and oxygen atoms in total. The number of phenols is 2. The number of benzene rings is 2. The fraction of sp³-hybridized carbons (Fsp3) is 0.235. The average molecular weight is 335 g/mol.